The van der Waals surface area contributed by atoms with E-state index in [2.05, 4.69) is 40.0 Å². The van der Waals surface area contributed by atoms with E-state index in [1.807, 2.05) is 0 Å². The van der Waals surface area contributed by atoms with Crippen molar-refractivity contribution in [3.8, 4) is 0 Å². The summed E-state index contributed by atoms with van der Waals surface area (Å²) in [5.74, 6) is 0.367. The first kappa shape index (κ1) is 12.5. The Hall–Kier alpha value is -1.51. The third-order valence-electron chi connectivity index (χ3n) is 2.42. The molecule has 0 aliphatic carbocycles. The number of nitrogens with one attached hydrogen (secondary N) is 2. The highest BCUT2D eigenvalue weighted by Gasteiger charge is 2.13. The predicted octanol–water partition coefficient (Wildman–Crippen LogP) is 2.93. The summed E-state index contributed by atoms with van der Waals surface area (Å²) in [6.45, 7) is 0. The number of hydrogen-bond donors (Lipinski definition) is 2. The first-order valence-electron chi connectivity index (χ1n) is 5.08. The van der Waals surface area contributed by atoms with E-state index in [1.165, 1.54) is 6.33 Å². The number of H-pyrrole nitrogens is 1. The highest BCUT2D eigenvalue weighted by atomic mass is 79.9. The average Bonchev–Trinajstić information content (AvgIpc) is 2.86. The van der Waals surface area contributed by atoms with Gasteiger partial charge in [0.15, 0.2) is 5.82 Å². The second-order valence-corrected chi connectivity index (χ2v) is 5.30. The molecule has 19 heavy (non-hydrogen) atoms. The lowest BCUT2D eigenvalue weighted by molar-refractivity contribution is 1.10. The minimum absolute atomic E-state index is 0.280. The summed E-state index contributed by atoms with van der Waals surface area (Å²) < 4.78 is 8.61. The fraction of sp³-hybridized carbons (Fsp3) is 0. The van der Waals surface area contributed by atoms with Gasteiger partial charge < -0.3 is 10.3 Å². The van der Waals surface area contributed by atoms with Crippen LogP contribution in [0.15, 0.2) is 27.7 Å². The van der Waals surface area contributed by atoms with Gasteiger partial charge in [0.2, 0.25) is 0 Å². The maximum Gasteiger partial charge on any atom is 0.267 e. The molecule has 1 aromatic carbocycles. The van der Waals surface area contributed by atoms with Crippen LogP contribution in [0, 0.1) is 0 Å². The summed E-state index contributed by atoms with van der Waals surface area (Å²) >= 11 is 10.4. The third kappa shape index (κ3) is 2.22. The highest BCUT2D eigenvalue weighted by molar-refractivity contribution is 9.10. The molecule has 2 N–H and O–H groups in total. The van der Waals surface area contributed by atoms with Crippen LogP contribution >= 0.6 is 39.3 Å². The lowest BCUT2D eigenvalue weighted by Crippen LogP contribution is -2.10. The molecule has 0 atom stereocenters. The van der Waals surface area contributed by atoms with Crippen LogP contribution in [0.5, 0.6) is 0 Å². The SMILES string of the molecule is O=c1[nH]cnc(Nc2c(Cl)ccc3nsnc23)c1Br. The number of aromatic nitrogens is 4. The third-order valence-corrected chi connectivity index (χ3v) is 4.01. The Kier molecular flexibility index (Phi) is 3.21. The van der Waals surface area contributed by atoms with E-state index in [1.54, 1.807) is 12.1 Å². The number of fused-ring (bicyclic) bond motifs is 1. The van der Waals surface area contributed by atoms with Gasteiger partial charge in [-0.15, -0.1) is 0 Å². The zero-order chi connectivity index (χ0) is 13.4. The molecule has 0 aliphatic heterocycles. The molecule has 3 rings (SSSR count). The minimum Gasteiger partial charge on any atom is -0.336 e. The lowest BCUT2D eigenvalue weighted by atomic mass is 10.2. The number of aromatic amines is 1. The second-order valence-electron chi connectivity index (χ2n) is 3.57. The Morgan fingerprint density at radius 1 is 1.37 bits per heavy atom. The summed E-state index contributed by atoms with van der Waals surface area (Å²) in [7, 11) is 0. The van der Waals surface area contributed by atoms with Crippen LogP contribution in [0.3, 0.4) is 0 Å². The molecule has 0 saturated heterocycles. The summed E-state index contributed by atoms with van der Waals surface area (Å²) in [5, 5.41) is 3.49. The molecule has 0 fully saturated rings. The monoisotopic (exact) mass is 357 g/mol. The molecule has 0 spiro atoms. The molecule has 9 heteroatoms. The largest absolute Gasteiger partial charge is 0.336 e. The molecular formula is C10H5BrClN5OS. The second kappa shape index (κ2) is 4.87. The van der Waals surface area contributed by atoms with Gasteiger partial charge in [-0.2, -0.15) is 8.75 Å². The summed E-state index contributed by atoms with van der Waals surface area (Å²) in [6.07, 6.45) is 1.31. The van der Waals surface area contributed by atoms with Gasteiger partial charge in [0.1, 0.15) is 15.5 Å². The molecule has 2 heterocycles. The summed E-state index contributed by atoms with van der Waals surface area (Å²) in [5.41, 5.74) is 1.67. The summed E-state index contributed by atoms with van der Waals surface area (Å²) in [6, 6.07) is 3.50. The molecule has 0 amide bonds. The van der Waals surface area contributed by atoms with Crippen LogP contribution < -0.4 is 10.9 Å². The van der Waals surface area contributed by atoms with Gasteiger partial charge in [-0.25, -0.2) is 4.98 Å². The zero-order valence-corrected chi connectivity index (χ0v) is 12.3. The molecule has 6 nitrogen and oxygen atoms in total. The van der Waals surface area contributed by atoms with Crippen molar-refractivity contribution in [3.05, 3.63) is 38.3 Å². The molecule has 3 aromatic rings. The quantitative estimate of drug-likeness (QED) is 0.736. The van der Waals surface area contributed by atoms with Gasteiger partial charge in [0.25, 0.3) is 5.56 Å². The highest BCUT2D eigenvalue weighted by Crippen LogP contribution is 2.32. The van der Waals surface area contributed by atoms with E-state index < -0.39 is 0 Å². The van der Waals surface area contributed by atoms with Crippen molar-refractivity contribution in [1.82, 2.24) is 18.7 Å². The van der Waals surface area contributed by atoms with E-state index in [9.17, 15) is 4.79 Å². The Labute approximate surface area is 124 Å². The molecule has 2 aromatic heterocycles. The smallest absolute Gasteiger partial charge is 0.267 e. The van der Waals surface area contributed by atoms with Gasteiger partial charge in [0.05, 0.1) is 28.8 Å². The molecular weight excluding hydrogens is 354 g/mol. The van der Waals surface area contributed by atoms with Crippen molar-refractivity contribution in [2.45, 2.75) is 0 Å². The van der Waals surface area contributed by atoms with Gasteiger partial charge >= 0.3 is 0 Å². The standard InChI is InChI=1S/C10H5BrClN5OS/c11-6-9(13-3-14-10(6)18)15-7-4(12)1-2-5-8(7)17-19-16-5/h1-3H,(H2,13,14,15,18). The van der Waals surface area contributed by atoms with Gasteiger partial charge in [-0.3, -0.25) is 4.79 Å². The van der Waals surface area contributed by atoms with Gasteiger partial charge in [-0.05, 0) is 28.1 Å². The van der Waals surface area contributed by atoms with Crippen molar-refractivity contribution >= 4 is 61.8 Å². The maximum atomic E-state index is 11.5. The van der Waals surface area contributed by atoms with Crippen LogP contribution in [-0.2, 0) is 0 Å². The molecule has 0 radical (unpaired) electrons. The molecule has 0 saturated carbocycles. The fourth-order valence-corrected chi connectivity index (χ4v) is 2.59. The van der Waals surface area contributed by atoms with Gasteiger partial charge in [0, 0.05) is 0 Å². The van der Waals surface area contributed by atoms with Crippen molar-refractivity contribution in [1.29, 1.82) is 0 Å². The number of anilines is 2. The van der Waals surface area contributed by atoms with Crippen molar-refractivity contribution < 1.29 is 0 Å². The average molecular weight is 359 g/mol. The van der Waals surface area contributed by atoms with Crippen LogP contribution in [0.25, 0.3) is 11.0 Å². The van der Waals surface area contributed by atoms with E-state index in [-0.39, 0.29) is 5.56 Å². The van der Waals surface area contributed by atoms with Crippen molar-refractivity contribution in [2.24, 2.45) is 0 Å². The van der Waals surface area contributed by atoms with Crippen LogP contribution in [0.2, 0.25) is 5.02 Å². The van der Waals surface area contributed by atoms with Crippen LogP contribution in [-0.4, -0.2) is 18.7 Å². The van der Waals surface area contributed by atoms with Crippen LogP contribution in [0.4, 0.5) is 11.5 Å². The van der Waals surface area contributed by atoms with E-state index in [0.29, 0.717) is 26.5 Å². The number of hydrogen-bond acceptors (Lipinski definition) is 6. The zero-order valence-electron chi connectivity index (χ0n) is 9.15. The molecule has 0 unspecified atom stereocenters. The van der Waals surface area contributed by atoms with Crippen molar-refractivity contribution in [3.63, 3.8) is 0 Å². The fourth-order valence-electron chi connectivity index (χ4n) is 1.53. The Morgan fingerprint density at radius 3 is 3.05 bits per heavy atom. The van der Waals surface area contributed by atoms with Crippen LogP contribution in [0.1, 0.15) is 0 Å². The first-order chi connectivity index (χ1) is 9.16. The Bertz CT molecular complexity index is 817. The molecule has 96 valence electrons. The van der Waals surface area contributed by atoms with Crippen molar-refractivity contribution in [2.75, 3.05) is 5.32 Å². The topological polar surface area (TPSA) is 83.6 Å². The Balaban J connectivity index is 2.15. The number of rotatable bonds is 2. The normalized spacial score (nSPS) is 10.8. The number of benzene rings is 1. The lowest BCUT2D eigenvalue weighted by Gasteiger charge is -2.08. The Morgan fingerprint density at radius 2 is 2.21 bits per heavy atom. The van der Waals surface area contributed by atoms with E-state index in [0.717, 1.165) is 17.2 Å². The molecule has 0 bridgehead atoms. The van der Waals surface area contributed by atoms with Gasteiger partial charge in [-0.1, -0.05) is 11.6 Å². The maximum absolute atomic E-state index is 11.5. The molecule has 0 aliphatic rings. The number of halogens is 2. The first-order valence-corrected chi connectivity index (χ1v) is 6.98. The minimum atomic E-state index is -0.280. The predicted molar refractivity (Wildman–Crippen MR) is 78.3 cm³/mol. The summed E-state index contributed by atoms with van der Waals surface area (Å²) in [4.78, 5) is 18.0. The van der Waals surface area contributed by atoms with E-state index in [4.69, 9.17) is 11.6 Å². The van der Waals surface area contributed by atoms with E-state index >= 15 is 0 Å². The number of nitrogens with zero attached hydrogens (tertiary/aromatic N) is 3.